The van der Waals surface area contributed by atoms with E-state index in [2.05, 4.69) is 25.6 Å². The fraction of sp³-hybridized carbons (Fsp3) is 0.727. The maximum Gasteiger partial charge on any atom is 0.228 e. The van der Waals surface area contributed by atoms with Crippen molar-refractivity contribution in [3.05, 3.63) is 5.28 Å². The lowest BCUT2D eigenvalue weighted by Crippen LogP contribution is -2.22. The zero-order valence-corrected chi connectivity index (χ0v) is 14.5. The number of nitrogens with zero attached hydrogens (tertiary/aromatic N) is 3. The standard InChI is InChI=1S/C11H12Cl5N5/c12-5-1-10(5,15)3-17-8-19-7(14)20-9(21-8)18-4-11(16)2-6(11)13/h5-6H,1-4H2,(H2,17,18,19,20,21). The van der Waals surface area contributed by atoms with Gasteiger partial charge >= 0.3 is 0 Å². The van der Waals surface area contributed by atoms with Crippen LogP contribution in [0.4, 0.5) is 11.9 Å². The predicted octanol–water partition coefficient (Wildman–Crippen LogP) is 3.33. The molecule has 0 aromatic carbocycles. The Morgan fingerprint density at radius 3 is 1.62 bits per heavy atom. The molecule has 2 fully saturated rings. The zero-order valence-electron chi connectivity index (χ0n) is 10.7. The van der Waals surface area contributed by atoms with E-state index in [1.165, 1.54) is 0 Å². The van der Waals surface area contributed by atoms with Crippen molar-refractivity contribution in [2.75, 3.05) is 23.7 Å². The van der Waals surface area contributed by atoms with Gasteiger partial charge in [0, 0.05) is 13.1 Å². The Morgan fingerprint density at radius 2 is 1.29 bits per heavy atom. The first-order valence-corrected chi connectivity index (χ1v) is 8.37. The molecule has 1 aromatic rings. The molecule has 3 rings (SSSR count). The van der Waals surface area contributed by atoms with E-state index in [1.54, 1.807) is 0 Å². The summed E-state index contributed by atoms with van der Waals surface area (Å²) in [6, 6.07) is 0. The van der Waals surface area contributed by atoms with Crippen LogP contribution in [0, 0.1) is 0 Å². The topological polar surface area (TPSA) is 62.7 Å². The second-order valence-electron chi connectivity index (χ2n) is 5.37. The third kappa shape index (κ3) is 3.70. The van der Waals surface area contributed by atoms with E-state index >= 15 is 0 Å². The maximum atomic E-state index is 6.22. The molecular formula is C11H12Cl5N5. The summed E-state index contributed by atoms with van der Waals surface area (Å²) in [5.74, 6) is 0.685. The van der Waals surface area contributed by atoms with Gasteiger partial charge in [-0.1, -0.05) is 0 Å². The van der Waals surface area contributed by atoms with Gasteiger partial charge in [-0.15, -0.1) is 46.4 Å². The van der Waals surface area contributed by atoms with Crippen molar-refractivity contribution in [2.24, 2.45) is 0 Å². The van der Waals surface area contributed by atoms with Crippen molar-refractivity contribution in [3.8, 4) is 0 Å². The first kappa shape index (κ1) is 15.9. The van der Waals surface area contributed by atoms with Crippen LogP contribution in [0.2, 0.25) is 5.28 Å². The molecular weight excluding hydrogens is 379 g/mol. The van der Waals surface area contributed by atoms with Gasteiger partial charge in [0.2, 0.25) is 17.2 Å². The molecule has 0 spiro atoms. The van der Waals surface area contributed by atoms with Gasteiger partial charge in [0.05, 0.1) is 20.5 Å². The highest BCUT2D eigenvalue weighted by Crippen LogP contribution is 2.48. The van der Waals surface area contributed by atoms with Gasteiger partial charge in [0.25, 0.3) is 0 Å². The number of aromatic nitrogens is 3. The number of anilines is 2. The van der Waals surface area contributed by atoms with Crippen molar-refractivity contribution in [2.45, 2.75) is 33.3 Å². The lowest BCUT2D eigenvalue weighted by molar-refractivity contribution is 0.886. The summed E-state index contributed by atoms with van der Waals surface area (Å²) in [6.07, 6.45) is 1.50. The van der Waals surface area contributed by atoms with E-state index in [1.807, 2.05) is 0 Å². The lowest BCUT2D eigenvalue weighted by Gasteiger charge is -2.12. The average molecular weight is 392 g/mol. The number of rotatable bonds is 6. The molecule has 116 valence electrons. The minimum Gasteiger partial charge on any atom is -0.352 e. The summed E-state index contributed by atoms with van der Waals surface area (Å²) in [7, 11) is 0. The van der Waals surface area contributed by atoms with Gasteiger partial charge < -0.3 is 10.6 Å². The summed E-state index contributed by atoms with van der Waals surface area (Å²) in [5.41, 5.74) is 0. The van der Waals surface area contributed by atoms with Gasteiger partial charge in [0.1, 0.15) is 0 Å². The summed E-state index contributed by atoms with van der Waals surface area (Å²) >= 11 is 30.2. The van der Waals surface area contributed by atoms with Gasteiger partial charge in [-0.2, -0.15) is 15.0 Å². The van der Waals surface area contributed by atoms with Crippen molar-refractivity contribution in [3.63, 3.8) is 0 Å². The van der Waals surface area contributed by atoms with E-state index in [0.29, 0.717) is 25.0 Å². The molecule has 21 heavy (non-hydrogen) atoms. The Balaban J connectivity index is 1.60. The van der Waals surface area contributed by atoms with Crippen LogP contribution >= 0.6 is 58.0 Å². The fourth-order valence-corrected chi connectivity index (χ4v) is 3.27. The molecule has 0 saturated heterocycles. The molecule has 0 aliphatic heterocycles. The van der Waals surface area contributed by atoms with Crippen molar-refractivity contribution >= 4 is 69.9 Å². The van der Waals surface area contributed by atoms with Crippen LogP contribution in [-0.2, 0) is 0 Å². The molecule has 0 amide bonds. The second kappa shape index (κ2) is 5.60. The number of hydrogen-bond acceptors (Lipinski definition) is 5. The summed E-state index contributed by atoms with van der Waals surface area (Å²) < 4.78 is 0. The van der Waals surface area contributed by atoms with E-state index in [-0.39, 0.29) is 16.0 Å². The monoisotopic (exact) mass is 389 g/mol. The molecule has 1 aromatic heterocycles. The third-order valence-corrected chi connectivity index (χ3v) is 6.17. The second-order valence-corrected chi connectivity index (χ2v) is 8.27. The summed E-state index contributed by atoms with van der Waals surface area (Å²) in [5, 5.41) is 6.05. The van der Waals surface area contributed by atoms with Crippen LogP contribution in [0.15, 0.2) is 0 Å². The van der Waals surface area contributed by atoms with Crippen LogP contribution in [0.25, 0.3) is 0 Å². The van der Waals surface area contributed by atoms with E-state index in [9.17, 15) is 0 Å². The highest BCUT2D eigenvalue weighted by molar-refractivity contribution is 6.37. The molecule has 5 nitrogen and oxygen atoms in total. The van der Waals surface area contributed by atoms with E-state index < -0.39 is 9.75 Å². The summed E-state index contributed by atoms with van der Waals surface area (Å²) in [6.45, 7) is 0.928. The largest absolute Gasteiger partial charge is 0.352 e. The Hall–Kier alpha value is 0.0600. The Bertz CT molecular complexity index is 516. The maximum absolute atomic E-state index is 6.22. The Morgan fingerprint density at radius 1 is 0.905 bits per heavy atom. The van der Waals surface area contributed by atoms with Gasteiger partial charge in [-0.25, -0.2) is 0 Å². The Kier molecular flexibility index (Phi) is 4.25. The molecule has 0 radical (unpaired) electrons. The Labute approximate surface area is 147 Å². The number of halogens is 5. The van der Waals surface area contributed by atoms with Crippen LogP contribution in [0.5, 0.6) is 0 Å². The predicted molar refractivity (Wildman–Crippen MR) is 87.5 cm³/mol. The normalized spacial score (nSPS) is 37.2. The fourth-order valence-electron chi connectivity index (χ4n) is 1.80. The zero-order chi connectivity index (χ0) is 15.3. The molecule has 4 atom stereocenters. The van der Waals surface area contributed by atoms with Gasteiger partial charge in [0.15, 0.2) is 0 Å². The molecule has 2 aliphatic rings. The van der Waals surface area contributed by atoms with Crippen molar-refractivity contribution < 1.29 is 0 Å². The highest BCUT2D eigenvalue weighted by Gasteiger charge is 2.52. The number of alkyl halides is 4. The first-order chi connectivity index (χ1) is 9.81. The molecule has 4 unspecified atom stereocenters. The molecule has 0 bridgehead atoms. The molecule has 2 N–H and O–H groups in total. The highest BCUT2D eigenvalue weighted by atomic mass is 35.5. The minimum absolute atomic E-state index is 0.0341. The van der Waals surface area contributed by atoms with Gasteiger partial charge in [-0.3, -0.25) is 0 Å². The number of hydrogen-bond donors (Lipinski definition) is 2. The molecule has 2 saturated carbocycles. The summed E-state index contributed by atoms with van der Waals surface area (Å²) in [4.78, 5) is 11.3. The molecule has 2 aliphatic carbocycles. The molecule has 1 heterocycles. The van der Waals surface area contributed by atoms with Gasteiger partial charge in [-0.05, 0) is 24.4 Å². The average Bonchev–Trinajstić information content (AvgIpc) is 3.22. The van der Waals surface area contributed by atoms with Crippen LogP contribution < -0.4 is 10.6 Å². The third-order valence-electron chi connectivity index (χ3n) is 3.53. The van der Waals surface area contributed by atoms with Crippen LogP contribution in [0.1, 0.15) is 12.8 Å². The quantitative estimate of drug-likeness (QED) is 0.729. The van der Waals surface area contributed by atoms with Crippen LogP contribution in [-0.4, -0.2) is 48.5 Å². The first-order valence-electron chi connectivity index (χ1n) is 6.36. The SMILES string of the molecule is Clc1nc(NCC2(Cl)CC2Cl)nc(NCC2(Cl)CC2Cl)n1. The lowest BCUT2D eigenvalue weighted by atomic mass is 10.4. The smallest absolute Gasteiger partial charge is 0.228 e. The van der Waals surface area contributed by atoms with Crippen molar-refractivity contribution in [1.29, 1.82) is 0 Å². The van der Waals surface area contributed by atoms with E-state index in [0.717, 1.165) is 12.8 Å². The van der Waals surface area contributed by atoms with Crippen LogP contribution in [0.3, 0.4) is 0 Å². The number of nitrogens with one attached hydrogen (secondary N) is 2. The molecule has 10 heteroatoms. The van der Waals surface area contributed by atoms with Crippen molar-refractivity contribution in [1.82, 2.24) is 15.0 Å². The van der Waals surface area contributed by atoms with E-state index in [4.69, 9.17) is 58.0 Å². The minimum atomic E-state index is -0.436.